The van der Waals surface area contributed by atoms with E-state index in [1.165, 1.54) is 5.57 Å². The maximum Gasteiger partial charge on any atom is 0.158 e. The minimum absolute atomic E-state index is 0.161. The molecule has 2 unspecified atom stereocenters. The molecule has 0 saturated carbocycles. The third kappa shape index (κ3) is 3.68. The molecule has 0 radical (unpaired) electrons. The van der Waals surface area contributed by atoms with Crippen molar-refractivity contribution in [3.63, 3.8) is 0 Å². The summed E-state index contributed by atoms with van der Waals surface area (Å²) >= 11 is 0. The van der Waals surface area contributed by atoms with E-state index in [4.69, 9.17) is 5.11 Å². The third-order valence-corrected chi connectivity index (χ3v) is 4.33. The van der Waals surface area contributed by atoms with Crippen molar-refractivity contribution in [3.05, 3.63) is 11.1 Å². The Bertz CT molecular complexity index is 339. The number of aliphatic hydroxyl groups is 1. The second-order valence-corrected chi connectivity index (χ2v) is 6.74. The SMILES string of the molecule is CC1=C(CC(C)CC(C)CO)C(C)(C)CCC1=O. The van der Waals surface area contributed by atoms with Crippen LogP contribution in [0.4, 0.5) is 0 Å². The summed E-state index contributed by atoms with van der Waals surface area (Å²) in [6.07, 6.45) is 3.69. The van der Waals surface area contributed by atoms with Gasteiger partial charge >= 0.3 is 0 Å². The molecule has 2 atom stereocenters. The van der Waals surface area contributed by atoms with Crippen molar-refractivity contribution >= 4 is 5.78 Å². The lowest BCUT2D eigenvalue weighted by Crippen LogP contribution is -2.26. The number of carbonyl (C=O) groups excluding carboxylic acids is 1. The fourth-order valence-electron chi connectivity index (χ4n) is 3.06. The zero-order valence-electron chi connectivity index (χ0n) is 12.5. The molecule has 1 aliphatic carbocycles. The number of Topliss-reactive ketones (excluding diaryl/α,β-unsaturated/α-hetero) is 1. The largest absolute Gasteiger partial charge is 0.396 e. The van der Waals surface area contributed by atoms with Gasteiger partial charge in [-0.3, -0.25) is 4.79 Å². The van der Waals surface area contributed by atoms with E-state index in [0.29, 0.717) is 24.0 Å². The topological polar surface area (TPSA) is 37.3 Å². The summed E-state index contributed by atoms with van der Waals surface area (Å²) in [7, 11) is 0. The average molecular weight is 252 g/mol. The van der Waals surface area contributed by atoms with Gasteiger partial charge in [0.25, 0.3) is 0 Å². The van der Waals surface area contributed by atoms with Gasteiger partial charge in [0, 0.05) is 13.0 Å². The quantitative estimate of drug-likeness (QED) is 0.809. The van der Waals surface area contributed by atoms with E-state index in [1.807, 2.05) is 6.92 Å². The van der Waals surface area contributed by atoms with Crippen LogP contribution in [0.15, 0.2) is 11.1 Å². The van der Waals surface area contributed by atoms with Gasteiger partial charge in [-0.2, -0.15) is 0 Å². The lowest BCUT2D eigenvalue weighted by molar-refractivity contribution is -0.116. The molecule has 0 heterocycles. The van der Waals surface area contributed by atoms with Crippen LogP contribution in [0.5, 0.6) is 0 Å². The maximum atomic E-state index is 11.9. The van der Waals surface area contributed by atoms with Crippen molar-refractivity contribution in [2.45, 2.75) is 60.3 Å². The van der Waals surface area contributed by atoms with Crippen molar-refractivity contribution in [1.82, 2.24) is 0 Å². The second-order valence-electron chi connectivity index (χ2n) is 6.74. The Labute approximate surface area is 111 Å². The van der Waals surface area contributed by atoms with Gasteiger partial charge < -0.3 is 5.11 Å². The summed E-state index contributed by atoms with van der Waals surface area (Å²) in [4.78, 5) is 11.9. The van der Waals surface area contributed by atoms with Crippen LogP contribution in [0.1, 0.15) is 60.3 Å². The molecule has 104 valence electrons. The summed E-state index contributed by atoms with van der Waals surface area (Å²) in [5, 5.41) is 9.12. The molecule has 1 N–H and O–H groups in total. The van der Waals surface area contributed by atoms with Gasteiger partial charge in [0.2, 0.25) is 0 Å². The summed E-state index contributed by atoms with van der Waals surface area (Å²) in [6, 6.07) is 0. The molecule has 0 amide bonds. The molecule has 1 rings (SSSR count). The monoisotopic (exact) mass is 252 g/mol. The molecule has 0 saturated heterocycles. The molecule has 0 fully saturated rings. The predicted octanol–water partition coefficient (Wildman–Crippen LogP) is 3.74. The maximum absolute atomic E-state index is 11.9. The summed E-state index contributed by atoms with van der Waals surface area (Å²) < 4.78 is 0. The molecular formula is C16H28O2. The number of allylic oxidation sites excluding steroid dienone is 2. The van der Waals surface area contributed by atoms with Crippen LogP contribution in [0.25, 0.3) is 0 Å². The molecule has 0 aromatic heterocycles. The van der Waals surface area contributed by atoms with Gasteiger partial charge in [-0.25, -0.2) is 0 Å². The first-order valence-electron chi connectivity index (χ1n) is 7.12. The number of aliphatic hydroxyl groups excluding tert-OH is 1. The van der Waals surface area contributed by atoms with Crippen molar-refractivity contribution in [3.8, 4) is 0 Å². The van der Waals surface area contributed by atoms with E-state index in [2.05, 4.69) is 27.7 Å². The molecule has 2 heteroatoms. The first-order valence-corrected chi connectivity index (χ1v) is 7.12. The molecule has 0 bridgehead atoms. The zero-order chi connectivity index (χ0) is 13.9. The van der Waals surface area contributed by atoms with Gasteiger partial charge in [0.05, 0.1) is 0 Å². The van der Waals surface area contributed by atoms with Crippen LogP contribution in [0.2, 0.25) is 0 Å². The molecule has 0 aliphatic heterocycles. The van der Waals surface area contributed by atoms with Crippen LogP contribution in [-0.2, 0) is 4.79 Å². The van der Waals surface area contributed by atoms with Crippen molar-refractivity contribution in [2.75, 3.05) is 6.61 Å². The van der Waals surface area contributed by atoms with Gasteiger partial charge in [-0.1, -0.05) is 33.3 Å². The first-order chi connectivity index (χ1) is 8.27. The van der Waals surface area contributed by atoms with Crippen molar-refractivity contribution in [2.24, 2.45) is 17.3 Å². The van der Waals surface area contributed by atoms with Gasteiger partial charge in [0.15, 0.2) is 5.78 Å². The van der Waals surface area contributed by atoms with Crippen LogP contribution >= 0.6 is 0 Å². The van der Waals surface area contributed by atoms with Crippen molar-refractivity contribution in [1.29, 1.82) is 0 Å². The fraction of sp³-hybridized carbons (Fsp3) is 0.812. The summed E-state index contributed by atoms with van der Waals surface area (Å²) in [5.74, 6) is 1.21. The first kappa shape index (κ1) is 15.4. The Balaban J connectivity index is 2.79. The molecule has 0 spiro atoms. The number of ketones is 1. The fourth-order valence-corrected chi connectivity index (χ4v) is 3.06. The Morgan fingerprint density at radius 1 is 1.28 bits per heavy atom. The minimum atomic E-state index is 0.161. The Kier molecular flexibility index (Phi) is 5.15. The number of hydrogen-bond donors (Lipinski definition) is 1. The van der Waals surface area contributed by atoms with Crippen molar-refractivity contribution < 1.29 is 9.90 Å². The Morgan fingerprint density at radius 2 is 1.89 bits per heavy atom. The second kappa shape index (κ2) is 6.01. The molecule has 1 aliphatic rings. The Morgan fingerprint density at radius 3 is 2.44 bits per heavy atom. The third-order valence-electron chi connectivity index (χ3n) is 4.33. The van der Waals surface area contributed by atoms with Crippen LogP contribution in [-0.4, -0.2) is 17.5 Å². The van der Waals surface area contributed by atoms with Gasteiger partial charge in [-0.05, 0) is 49.0 Å². The number of carbonyl (C=O) groups is 1. The molecule has 2 nitrogen and oxygen atoms in total. The highest BCUT2D eigenvalue weighted by molar-refractivity contribution is 5.96. The van der Waals surface area contributed by atoms with Gasteiger partial charge in [0.1, 0.15) is 0 Å². The zero-order valence-corrected chi connectivity index (χ0v) is 12.5. The molecule has 18 heavy (non-hydrogen) atoms. The molecular weight excluding hydrogens is 224 g/mol. The lowest BCUT2D eigenvalue weighted by atomic mass is 9.69. The van der Waals surface area contributed by atoms with E-state index in [1.54, 1.807) is 0 Å². The highest BCUT2D eigenvalue weighted by Crippen LogP contribution is 2.42. The Hall–Kier alpha value is -0.630. The smallest absolute Gasteiger partial charge is 0.158 e. The predicted molar refractivity (Wildman–Crippen MR) is 75.4 cm³/mol. The van der Waals surface area contributed by atoms with Crippen LogP contribution in [0, 0.1) is 17.3 Å². The van der Waals surface area contributed by atoms with Crippen LogP contribution in [0.3, 0.4) is 0 Å². The summed E-state index contributed by atoms with van der Waals surface area (Å²) in [5.41, 5.74) is 2.50. The van der Waals surface area contributed by atoms with E-state index in [9.17, 15) is 4.79 Å². The number of hydrogen-bond acceptors (Lipinski definition) is 2. The van der Waals surface area contributed by atoms with E-state index in [-0.39, 0.29) is 12.0 Å². The van der Waals surface area contributed by atoms with E-state index >= 15 is 0 Å². The highest BCUT2D eigenvalue weighted by atomic mass is 16.3. The molecule has 0 aromatic rings. The van der Waals surface area contributed by atoms with Crippen LogP contribution < -0.4 is 0 Å². The minimum Gasteiger partial charge on any atom is -0.396 e. The number of rotatable bonds is 5. The molecule has 0 aromatic carbocycles. The summed E-state index contributed by atoms with van der Waals surface area (Å²) in [6.45, 7) is 11.0. The lowest BCUT2D eigenvalue weighted by Gasteiger charge is -2.35. The average Bonchev–Trinajstić information content (AvgIpc) is 2.30. The highest BCUT2D eigenvalue weighted by Gasteiger charge is 2.32. The normalized spacial score (nSPS) is 23.1. The van der Waals surface area contributed by atoms with Gasteiger partial charge in [-0.15, -0.1) is 0 Å². The standard InChI is InChI=1S/C16H28O2/c1-11(8-12(2)10-17)9-14-13(3)15(18)6-7-16(14,4)5/h11-12,17H,6-10H2,1-5H3. The van der Waals surface area contributed by atoms with E-state index < -0.39 is 0 Å². The van der Waals surface area contributed by atoms with E-state index in [0.717, 1.165) is 24.8 Å².